The molecule has 0 bridgehead atoms. The van der Waals surface area contributed by atoms with Crippen LogP contribution in [0.4, 0.5) is 0 Å². The second-order valence-corrected chi connectivity index (χ2v) is 6.38. The molecule has 0 N–H and O–H groups in total. The van der Waals surface area contributed by atoms with E-state index in [1.54, 1.807) is 40.1 Å². The van der Waals surface area contributed by atoms with Crippen LogP contribution in [0, 0.1) is 0 Å². The van der Waals surface area contributed by atoms with Gasteiger partial charge in [0.15, 0.2) is 5.76 Å². The molecule has 0 unspecified atom stereocenters. The first kappa shape index (κ1) is 16.9. The lowest BCUT2D eigenvalue weighted by atomic mass is 10.2. The summed E-state index contributed by atoms with van der Waals surface area (Å²) in [6.07, 6.45) is 2.17. The molecule has 1 aromatic heterocycles. The lowest BCUT2D eigenvalue weighted by Gasteiger charge is -2.22. The van der Waals surface area contributed by atoms with Crippen LogP contribution >= 0.6 is 23.2 Å². The number of carbonyl (C=O) groups excluding carboxylic acids is 2. The van der Waals surface area contributed by atoms with Crippen molar-refractivity contribution in [3.63, 3.8) is 0 Å². The van der Waals surface area contributed by atoms with Crippen LogP contribution in [0.15, 0.2) is 41.0 Å². The van der Waals surface area contributed by atoms with Gasteiger partial charge in [-0.3, -0.25) is 9.59 Å². The van der Waals surface area contributed by atoms with Gasteiger partial charge in [0.1, 0.15) is 0 Å². The maximum absolute atomic E-state index is 12.7. The second kappa shape index (κ2) is 7.28. The van der Waals surface area contributed by atoms with Crippen molar-refractivity contribution < 1.29 is 14.0 Å². The van der Waals surface area contributed by atoms with E-state index in [2.05, 4.69) is 0 Å². The number of nitrogens with zero attached hydrogens (tertiary/aromatic N) is 2. The van der Waals surface area contributed by atoms with E-state index in [1.807, 2.05) is 0 Å². The molecule has 2 aromatic rings. The number of amides is 2. The number of furan rings is 1. The molecule has 0 saturated carbocycles. The Bertz CT molecular complexity index is 746. The predicted molar refractivity (Wildman–Crippen MR) is 91.6 cm³/mol. The predicted octanol–water partition coefficient (Wildman–Crippen LogP) is 3.57. The highest BCUT2D eigenvalue weighted by molar-refractivity contribution is 6.35. The van der Waals surface area contributed by atoms with Gasteiger partial charge in [-0.05, 0) is 36.8 Å². The van der Waals surface area contributed by atoms with Crippen molar-refractivity contribution in [3.05, 3.63) is 58.0 Å². The van der Waals surface area contributed by atoms with Gasteiger partial charge in [-0.1, -0.05) is 23.2 Å². The Morgan fingerprint density at radius 1 is 0.958 bits per heavy atom. The Morgan fingerprint density at radius 3 is 2.33 bits per heavy atom. The fourth-order valence-electron chi connectivity index (χ4n) is 2.71. The van der Waals surface area contributed by atoms with E-state index in [-0.39, 0.29) is 11.8 Å². The van der Waals surface area contributed by atoms with Crippen molar-refractivity contribution >= 4 is 35.0 Å². The number of benzene rings is 1. The molecule has 126 valence electrons. The molecule has 7 heteroatoms. The van der Waals surface area contributed by atoms with Crippen molar-refractivity contribution in [1.29, 1.82) is 0 Å². The van der Waals surface area contributed by atoms with Crippen LogP contribution < -0.4 is 0 Å². The smallest absolute Gasteiger partial charge is 0.289 e. The van der Waals surface area contributed by atoms with Crippen LogP contribution in [0.3, 0.4) is 0 Å². The van der Waals surface area contributed by atoms with Gasteiger partial charge in [-0.2, -0.15) is 0 Å². The minimum absolute atomic E-state index is 0.157. The van der Waals surface area contributed by atoms with Crippen LogP contribution in [-0.4, -0.2) is 47.8 Å². The minimum Gasteiger partial charge on any atom is -0.459 e. The van der Waals surface area contributed by atoms with E-state index in [4.69, 9.17) is 27.6 Å². The summed E-state index contributed by atoms with van der Waals surface area (Å²) >= 11 is 12.1. The average molecular weight is 367 g/mol. The normalized spacial score (nSPS) is 15.2. The summed E-state index contributed by atoms with van der Waals surface area (Å²) in [7, 11) is 0. The highest BCUT2D eigenvalue weighted by Gasteiger charge is 2.25. The molecule has 0 radical (unpaired) electrons. The van der Waals surface area contributed by atoms with E-state index in [9.17, 15) is 9.59 Å². The van der Waals surface area contributed by atoms with Gasteiger partial charge >= 0.3 is 0 Å². The van der Waals surface area contributed by atoms with Gasteiger partial charge in [-0.15, -0.1) is 0 Å². The summed E-state index contributed by atoms with van der Waals surface area (Å²) < 4.78 is 5.16. The summed E-state index contributed by atoms with van der Waals surface area (Å²) in [6, 6.07) is 8.15. The quantitative estimate of drug-likeness (QED) is 0.816. The van der Waals surface area contributed by atoms with Crippen molar-refractivity contribution in [3.8, 4) is 0 Å². The molecular weight excluding hydrogens is 351 g/mol. The van der Waals surface area contributed by atoms with Gasteiger partial charge in [0.25, 0.3) is 11.8 Å². The third-order valence-corrected chi connectivity index (χ3v) is 4.53. The molecule has 1 aliphatic heterocycles. The zero-order valence-corrected chi connectivity index (χ0v) is 14.4. The Kier molecular flexibility index (Phi) is 5.11. The summed E-state index contributed by atoms with van der Waals surface area (Å²) in [6.45, 7) is 2.02. The first-order valence-electron chi connectivity index (χ1n) is 7.63. The van der Waals surface area contributed by atoms with Crippen LogP contribution in [0.5, 0.6) is 0 Å². The van der Waals surface area contributed by atoms with Crippen LogP contribution in [-0.2, 0) is 0 Å². The van der Waals surface area contributed by atoms with Gasteiger partial charge < -0.3 is 14.2 Å². The molecule has 2 heterocycles. The number of hydrogen-bond donors (Lipinski definition) is 0. The topological polar surface area (TPSA) is 53.8 Å². The molecule has 0 spiro atoms. The van der Waals surface area contributed by atoms with E-state index < -0.39 is 0 Å². The van der Waals surface area contributed by atoms with Gasteiger partial charge in [0.2, 0.25) is 0 Å². The number of rotatable bonds is 2. The Balaban J connectivity index is 1.70. The molecule has 2 amide bonds. The van der Waals surface area contributed by atoms with Crippen molar-refractivity contribution in [2.24, 2.45) is 0 Å². The third kappa shape index (κ3) is 3.57. The zero-order chi connectivity index (χ0) is 17.1. The highest BCUT2D eigenvalue weighted by atomic mass is 35.5. The first-order chi connectivity index (χ1) is 11.6. The molecule has 1 saturated heterocycles. The zero-order valence-electron chi connectivity index (χ0n) is 12.9. The molecule has 3 rings (SSSR count). The van der Waals surface area contributed by atoms with Crippen molar-refractivity contribution in [2.45, 2.75) is 6.42 Å². The van der Waals surface area contributed by atoms with Gasteiger partial charge in [0, 0.05) is 31.2 Å². The molecular formula is C17H16Cl2N2O3. The summed E-state index contributed by atoms with van der Waals surface area (Å²) in [5.41, 5.74) is 0.384. The van der Waals surface area contributed by atoms with Crippen LogP contribution in [0.25, 0.3) is 0 Å². The summed E-state index contributed by atoms with van der Waals surface area (Å²) in [5, 5.41) is 0.837. The van der Waals surface area contributed by atoms with Gasteiger partial charge in [-0.25, -0.2) is 0 Å². The standard InChI is InChI=1S/C17H16Cl2N2O3/c18-12-4-5-14(19)13(11-12)16(22)20-6-2-7-21(9-8-20)17(23)15-3-1-10-24-15/h1,3-5,10-11H,2,6-9H2. The highest BCUT2D eigenvalue weighted by Crippen LogP contribution is 2.23. The lowest BCUT2D eigenvalue weighted by molar-refractivity contribution is 0.0700. The molecule has 1 aromatic carbocycles. The average Bonchev–Trinajstić information content (AvgIpc) is 3.00. The Hall–Kier alpha value is -1.98. The third-order valence-electron chi connectivity index (χ3n) is 3.96. The Morgan fingerprint density at radius 2 is 1.67 bits per heavy atom. The van der Waals surface area contributed by atoms with Crippen LogP contribution in [0.2, 0.25) is 10.0 Å². The van der Waals surface area contributed by atoms with Crippen molar-refractivity contribution in [2.75, 3.05) is 26.2 Å². The van der Waals surface area contributed by atoms with E-state index in [0.717, 1.165) is 0 Å². The molecule has 0 aliphatic carbocycles. The Labute approximate surface area is 149 Å². The number of hydrogen-bond acceptors (Lipinski definition) is 3. The monoisotopic (exact) mass is 366 g/mol. The summed E-state index contributed by atoms with van der Waals surface area (Å²) in [4.78, 5) is 28.4. The summed E-state index contributed by atoms with van der Waals surface area (Å²) in [5.74, 6) is -0.0162. The molecule has 24 heavy (non-hydrogen) atoms. The fourth-order valence-corrected chi connectivity index (χ4v) is 3.08. The van der Waals surface area contributed by atoms with E-state index in [1.165, 1.54) is 6.26 Å². The molecule has 0 atom stereocenters. The van der Waals surface area contributed by atoms with Gasteiger partial charge in [0.05, 0.1) is 16.8 Å². The van der Waals surface area contributed by atoms with E-state index in [0.29, 0.717) is 54.0 Å². The molecule has 1 fully saturated rings. The van der Waals surface area contributed by atoms with Crippen molar-refractivity contribution in [1.82, 2.24) is 9.80 Å². The van der Waals surface area contributed by atoms with E-state index >= 15 is 0 Å². The minimum atomic E-state index is -0.171. The molecule has 5 nitrogen and oxygen atoms in total. The fraction of sp³-hybridized carbons (Fsp3) is 0.294. The maximum Gasteiger partial charge on any atom is 0.289 e. The number of carbonyl (C=O) groups is 2. The molecule has 1 aliphatic rings. The maximum atomic E-state index is 12.7. The SMILES string of the molecule is O=C(c1ccco1)N1CCCN(C(=O)c2cc(Cl)ccc2Cl)CC1. The number of halogens is 2. The first-order valence-corrected chi connectivity index (χ1v) is 8.39. The second-order valence-electron chi connectivity index (χ2n) is 5.54. The largest absolute Gasteiger partial charge is 0.459 e. The lowest BCUT2D eigenvalue weighted by Crippen LogP contribution is -2.37. The van der Waals surface area contributed by atoms with Crippen LogP contribution in [0.1, 0.15) is 27.3 Å².